The molecule has 22 heavy (non-hydrogen) atoms. The second-order valence-electron chi connectivity index (χ2n) is 5.34. The standard InChI is InChI=1S/C18H18O4/c1-11-7-3-5-9-13(11)15(17(19)20)16(18(21)22)14-10-6-4-8-12(14)2/h3-10,15-16H,1-2H3,(H,19,20)(H,21,22). The molecular weight excluding hydrogens is 280 g/mol. The Labute approximate surface area is 129 Å². The highest BCUT2D eigenvalue weighted by atomic mass is 16.4. The quantitative estimate of drug-likeness (QED) is 0.887. The minimum atomic E-state index is -1.13. The fourth-order valence-corrected chi connectivity index (χ4v) is 2.78. The molecule has 2 unspecified atom stereocenters. The van der Waals surface area contributed by atoms with Crippen molar-refractivity contribution in [2.45, 2.75) is 25.7 Å². The first-order chi connectivity index (χ1) is 10.4. The number of hydrogen-bond acceptors (Lipinski definition) is 2. The molecule has 0 saturated heterocycles. The van der Waals surface area contributed by atoms with Gasteiger partial charge in [0.05, 0.1) is 11.8 Å². The number of carboxylic acids is 2. The van der Waals surface area contributed by atoms with Crippen molar-refractivity contribution < 1.29 is 19.8 Å². The molecule has 2 rings (SSSR count). The number of carbonyl (C=O) groups is 2. The van der Waals surface area contributed by atoms with Gasteiger partial charge in [0.15, 0.2) is 0 Å². The zero-order valence-corrected chi connectivity index (χ0v) is 12.5. The summed E-state index contributed by atoms with van der Waals surface area (Å²) in [5.74, 6) is -4.52. The van der Waals surface area contributed by atoms with Crippen LogP contribution in [0.25, 0.3) is 0 Å². The fraction of sp³-hybridized carbons (Fsp3) is 0.222. The van der Waals surface area contributed by atoms with E-state index < -0.39 is 23.8 Å². The number of rotatable bonds is 5. The molecule has 2 N–H and O–H groups in total. The lowest BCUT2D eigenvalue weighted by Gasteiger charge is -2.24. The van der Waals surface area contributed by atoms with Crippen LogP contribution >= 0.6 is 0 Å². The van der Waals surface area contributed by atoms with Crippen LogP contribution in [-0.2, 0) is 9.59 Å². The molecule has 0 saturated carbocycles. The lowest BCUT2D eigenvalue weighted by atomic mass is 9.78. The number of carboxylic acid groups (broad SMARTS) is 2. The number of benzene rings is 2. The van der Waals surface area contributed by atoms with Gasteiger partial charge in [0.2, 0.25) is 0 Å². The summed E-state index contributed by atoms with van der Waals surface area (Å²) in [7, 11) is 0. The maximum Gasteiger partial charge on any atom is 0.312 e. The maximum absolute atomic E-state index is 11.8. The van der Waals surface area contributed by atoms with Crippen molar-refractivity contribution in [3.8, 4) is 0 Å². The largest absolute Gasteiger partial charge is 0.481 e. The Morgan fingerprint density at radius 1 is 0.727 bits per heavy atom. The van der Waals surface area contributed by atoms with E-state index in [2.05, 4.69) is 0 Å². The zero-order chi connectivity index (χ0) is 16.3. The average Bonchev–Trinajstić information content (AvgIpc) is 2.46. The van der Waals surface area contributed by atoms with Gasteiger partial charge < -0.3 is 10.2 Å². The van der Waals surface area contributed by atoms with E-state index in [0.29, 0.717) is 11.1 Å². The van der Waals surface area contributed by atoms with Gasteiger partial charge in [-0.25, -0.2) is 0 Å². The third-order valence-corrected chi connectivity index (χ3v) is 3.91. The van der Waals surface area contributed by atoms with Crippen LogP contribution < -0.4 is 0 Å². The number of aryl methyl sites for hydroxylation is 2. The smallest absolute Gasteiger partial charge is 0.312 e. The van der Waals surface area contributed by atoms with E-state index in [4.69, 9.17) is 0 Å². The summed E-state index contributed by atoms with van der Waals surface area (Å²) in [6.07, 6.45) is 0. The van der Waals surface area contributed by atoms with Crippen LogP contribution in [0.1, 0.15) is 34.1 Å². The summed E-state index contributed by atoms with van der Waals surface area (Å²) >= 11 is 0. The topological polar surface area (TPSA) is 74.6 Å². The summed E-state index contributed by atoms with van der Waals surface area (Å²) in [6.45, 7) is 3.59. The molecule has 0 radical (unpaired) electrons. The molecule has 0 amide bonds. The molecule has 0 aromatic heterocycles. The monoisotopic (exact) mass is 298 g/mol. The Kier molecular flexibility index (Phi) is 4.61. The average molecular weight is 298 g/mol. The molecule has 0 aliphatic rings. The third kappa shape index (κ3) is 3.01. The van der Waals surface area contributed by atoms with Crippen molar-refractivity contribution in [2.24, 2.45) is 0 Å². The molecule has 0 heterocycles. The van der Waals surface area contributed by atoms with Gasteiger partial charge in [0, 0.05) is 0 Å². The predicted molar refractivity (Wildman–Crippen MR) is 83.1 cm³/mol. The van der Waals surface area contributed by atoms with Crippen LogP contribution in [0.15, 0.2) is 48.5 Å². The van der Waals surface area contributed by atoms with Crippen molar-refractivity contribution in [3.05, 3.63) is 70.8 Å². The normalized spacial score (nSPS) is 13.4. The van der Waals surface area contributed by atoms with Gasteiger partial charge >= 0.3 is 11.9 Å². The Morgan fingerprint density at radius 2 is 1.05 bits per heavy atom. The minimum absolute atomic E-state index is 0.533. The molecule has 0 bridgehead atoms. The maximum atomic E-state index is 11.8. The Balaban J connectivity index is 2.63. The van der Waals surface area contributed by atoms with Crippen LogP contribution in [0.3, 0.4) is 0 Å². The molecule has 0 aliphatic heterocycles. The summed E-state index contributed by atoms with van der Waals surface area (Å²) < 4.78 is 0. The molecule has 0 spiro atoms. The zero-order valence-electron chi connectivity index (χ0n) is 12.5. The van der Waals surface area contributed by atoms with Gasteiger partial charge in [-0.3, -0.25) is 9.59 Å². The Morgan fingerprint density at radius 3 is 1.32 bits per heavy atom. The summed E-state index contributed by atoms with van der Waals surface area (Å²) in [5.41, 5.74) is 2.61. The minimum Gasteiger partial charge on any atom is -0.481 e. The first kappa shape index (κ1) is 15.8. The van der Waals surface area contributed by atoms with E-state index in [1.807, 2.05) is 0 Å². The molecule has 0 aliphatic carbocycles. The van der Waals surface area contributed by atoms with E-state index >= 15 is 0 Å². The summed E-state index contributed by atoms with van der Waals surface area (Å²) in [6, 6.07) is 14.0. The van der Waals surface area contributed by atoms with Gasteiger partial charge in [0.1, 0.15) is 0 Å². The SMILES string of the molecule is Cc1ccccc1C(C(=O)O)C(C(=O)O)c1ccccc1C. The summed E-state index contributed by atoms with van der Waals surface area (Å²) in [4.78, 5) is 23.6. The van der Waals surface area contributed by atoms with Crippen molar-refractivity contribution in [1.29, 1.82) is 0 Å². The predicted octanol–water partition coefficient (Wildman–Crippen LogP) is 3.34. The molecule has 4 heteroatoms. The summed E-state index contributed by atoms with van der Waals surface area (Å²) in [5, 5.41) is 19.3. The van der Waals surface area contributed by atoms with Gasteiger partial charge in [-0.1, -0.05) is 48.5 Å². The van der Waals surface area contributed by atoms with Crippen LogP contribution in [0.5, 0.6) is 0 Å². The lowest BCUT2D eigenvalue weighted by molar-refractivity contribution is -0.147. The van der Waals surface area contributed by atoms with E-state index in [1.54, 1.807) is 62.4 Å². The number of hydrogen-bond donors (Lipinski definition) is 2. The molecule has 2 aromatic carbocycles. The lowest BCUT2D eigenvalue weighted by Crippen LogP contribution is -2.27. The van der Waals surface area contributed by atoms with Crippen molar-refractivity contribution in [2.75, 3.05) is 0 Å². The first-order valence-corrected chi connectivity index (χ1v) is 7.00. The van der Waals surface area contributed by atoms with E-state index in [9.17, 15) is 19.8 Å². The van der Waals surface area contributed by atoms with Crippen LogP contribution in [0, 0.1) is 13.8 Å². The van der Waals surface area contributed by atoms with Crippen LogP contribution in [-0.4, -0.2) is 22.2 Å². The molecule has 2 atom stereocenters. The van der Waals surface area contributed by atoms with Crippen LogP contribution in [0.2, 0.25) is 0 Å². The van der Waals surface area contributed by atoms with E-state index in [0.717, 1.165) is 11.1 Å². The molecule has 0 fully saturated rings. The fourth-order valence-electron chi connectivity index (χ4n) is 2.78. The second-order valence-corrected chi connectivity index (χ2v) is 5.34. The van der Waals surface area contributed by atoms with Gasteiger partial charge in [0.25, 0.3) is 0 Å². The van der Waals surface area contributed by atoms with Gasteiger partial charge in [-0.05, 0) is 36.1 Å². The molecule has 4 nitrogen and oxygen atoms in total. The van der Waals surface area contributed by atoms with E-state index in [1.165, 1.54) is 0 Å². The number of aliphatic carboxylic acids is 2. The van der Waals surface area contributed by atoms with Gasteiger partial charge in [-0.2, -0.15) is 0 Å². The highest BCUT2D eigenvalue weighted by Crippen LogP contribution is 2.36. The van der Waals surface area contributed by atoms with Crippen LogP contribution in [0.4, 0.5) is 0 Å². The van der Waals surface area contributed by atoms with Crippen molar-refractivity contribution >= 4 is 11.9 Å². The highest BCUT2D eigenvalue weighted by Gasteiger charge is 2.37. The Hall–Kier alpha value is -2.62. The second kappa shape index (κ2) is 6.43. The van der Waals surface area contributed by atoms with Gasteiger partial charge in [-0.15, -0.1) is 0 Å². The van der Waals surface area contributed by atoms with Crippen molar-refractivity contribution in [3.63, 3.8) is 0 Å². The van der Waals surface area contributed by atoms with Crippen molar-refractivity contribution in [1.82, 2.24) is 0 Å². The molecular formula is C18H18O4. The third-order valence-electron chi connectivity index (χ3n) is 3.91. The molecule has 114 valence electrons. The first-order valence-electron chi connectivity index (χ1n) is 7.00. The van der Waals surface area contributed by atoms with E-state index in [-0.39, 0.29) is 0 Å². The molecule has 2 aromatic rings. The highest BCUT2D eigenvalue weighted by molar-refractivity contribution is 5.88. The Bertz CT molecular complexity index is 644.